The van der Waals surface area contributed by atoms with Crippen LogP contribution in [0.2, 0.25) is 0 Å². The van der Waals surface area contributed by atoms with Gasteiger partial charge in [-0.25, -0.2) is 0 Å². The second kappa shape index (κ2) is 5.28. The Morgan fingerprint density at radius 2 is 2.00 bits per heavy atom. The number of aliphatic hydroxyl groups excluding tert-OH is 1. The molecule has 1 nitrogen and oxygen atoms in total. The summed E-state index contributed by atoms with van der Waals surface area (Å²) in [5.74, 6) is 0. The van der Waals surface area contributed by atoms with Crippen molar-refractivity contribution >= 4 is 11.3 Å². The molecule has 2 heteroatoms. The van der Waals surface area contributed by atoms with Crippen LogP contribution in [0.25, 0.3) is 0 Å². The zero-order valence-electron chi connectivity index (χ0n) is 9.39. The van der Waals surface area contributed by atoms with Crippen LogP contribution in [0.3, 0.4) is 0 Å². The van der Waals surface area contributed by atoms with Crippen molar-refractivity contribution in [2.75, 3.05) is 0 Å². The number of benzene rings is 1. The van der Waals surface area contributed by atoms with Crippen molar-refractivity contribution in [2.24, 2.45) is 0 Å². The van der Waals surface area contributed by atoms with Gasteiger partial charge in [0, 0.05) is 0 Å². The molecular weight excluding hydrogens is 216 g/mol. The first kappa shape index (κ1) is 11.4. The second-order valence-corrected chi connectivity index (χ2v) is 4.96. The third-order valence-corrected chi connectivity index (χ3v) is 3.34. The Morgan fingerprint density at radius 1 is 1.19 bits per heavy atom. The van der Waals surface area contributed by atoms with Crippen molar-refractivity contribution in [1.82, 2.24) is 0 Å². The van der Waals surface area contributed by atoms with Gasteiger partial charge in [0.2, 0.25) is 0 Å². The fraction of sp³-hybridized carbons (Fsp3) is 0.286. The highest BCUT2D eigenvalue weighted by atomic mass is 32.1. The number of hydrogen-bond donors (Lipinski definition) is 1. The molecule has 0 radical (unpaired) electrons. The third kappa shape index (κ3) is 3.19. The average molecular weight is 232 g/mol. The molecular formula is C14H16OS. The molecule has 2 aromatic rings. The Bertz CT molecular complexity index is 434. The summed E-state index contributed by atoms with van der Waals surface area (Å²) in [4.78, 5) is 0. The zero-order valence-corrected chi connectivity index (χ0v) is 10.2. The van der Waals surface area contributed by atoms with E-state index in [1.807, 2.05) is 6.07 Å². The van der Waals surface area contributed by atoms with E-state index in [1.54, 1.807) is 11.3 Å². The van der Waals surface area contributed by atoms with Gasteiger partial charge in [0.1, 0.15) is 0 Å². The monoisotopic (exact) mass is 232 g/mol. The van der Waals surface area contributed by atoms with Crippen molar-refractivity contribution < 1.29 is 5.11 Å². The van der Waals surface area contributed by atoms with Gasteiger partial charge in [-0.05, 0) is 47.7 Å². The topological polar surface area (TPSA) is 20.2 Å². The van der Waals surface area contributed by atoms with E-state index in [0.717, 1.165) is 12.8 Å². The lowest BCUT2D eigenvalue weighted by Crippen LogP contribution is -2.13. The molecule has 0 saturated carbocycles. The summed E-state index contributed by atoms with van der Waals surface area (Å²) in [6.45, 7) is 2.08. The molecule has 1 N–H and O–H groups in total. The SMILES string of the molecule is Cc1cccc(CC(O)Cc2ccsc2)c1. The highest BCUT2D eigenvalue weighted by Crippen LogP contribution is 2.12. The number of aryl methyl sites for hydroxylation is 1. The van der Waals surface area contributed by atoms with Crippen LogP contribution >= 0.6 is 11.3 Å². The van der Waals surface area contributed by atoms with Crippen LogP contribution in [-0.4, -0.2) is 11.2 Å². The predicted molar refractivity (Wildman–Crippen MR) is 68.9 cm³/mol. The highest BCUT2D eigenvalue weighted by molar-refractivity contribution is 7.07. The van der Waals surface area contributed by atoms with E-state index in [-0.39, 0.29) is 6.10 Å². The van der Waals surface area contributed by atoms with Crippen LogP contribution in [0.4, 0.5) is 0 Å². The fourth-order valence-corrected chi connectivity index (χ4v) is 2.55. The number of hydrogen-bond acceptors (Lipinski definition) is 2. The van der Waals surface area contributed by atoms with Crippen LogP contribution in [0.15, 0.2) is 41.1 Å². The maximum absolute atomic E-state index is 9.97. The third-order valence-electron chi connectivity index (χ3n) is 2.61. The van der Waals surface area contributed by atoms with Crippen molar-refractivity contribution in [1.29, 1.82) is 0 Å². The average Bonchev–Trinajstić information content (AvgIpc) is 2.70. The first-order chi connectivity index (χ1) is 7.74. The smallest absolute Gasteiger partial charge is 0.0621 e. The normalized spacial score (nSPS) is 12.6. The minimum Gasteiger partial charge on any atom is -0.392 e. The highest BCUT2D eigenvalue weighted by Gasteiger charge is 2.07. The first-order valence-corrected chi connectivity index (χ1v) is 6.43. The van der Waals surface area contributed by atoms with Crippen molar-refractivity contribution in [3.63, 3.8) is 0 Å². The molecule has 84 valence electrons. The van der Waals surface area contributed by atoms with E-state index in [0.29, 0.717) is 0 Å². The first-order valence-electron chi connectivity index (χ1n) is 5.49. The van der Waals surface area contributed by atoms with Gasteiger partial charge >= 0.3 is 0 Å². The number of thiophene rings is 1. The van der Waals surface area contributed by atoms with Gasteiger partial charge < -0.3 is 5.11 Å². The molecule has 0 aliphatic rings. The van der Waals surface area contributed by atoms with Crippen LogP contribution in [-0.2, 0) is 12.8 Å². The Kier molecular flexibility index (Phi) is 3.75. The Morgan fingerprint density at radius 3 is 2.69 bits per heavy atom. The van der Waals surface area contributed by atoms with Crippen LogP contribution in [0.5, 0.6) is 0 Å². The summed E-state index contributed by atoms with van der Waals surface area (Å²) in [6.07, 6.45) is 1.20. The maximum Gasteiger partial charge on any atom is 0.0621 e. The minimum atomic E-state index is -0.281. The number of aliphatic hydroxyl groups is 1. The maximum atomic E-state index is 9.97. The molecule has 0 amide bonds. The summed E-state index contributed by atoms with van der Waals surface area (Å²) in [6, 6.07) is 10.4. The summed E-state index contributed by atoms with van der Waals surface area (Å²) >= 11 is 1.68. The Hall–Kier alpha value is -1.12. The predicted octanol–water partition coefficient (Wildman–Crippen LogP) is 3.20. The van der Waals surface area contributed by atoms with Crippen molar-refractivity contribution in [3.8, 4) is 0 Å². The van der Waals surface area contributed by atoms with E-state index in [9.17, 15) is 5.11 Å². The molecule has 1 heterocycles. The Labute approximate surface area is 100 Å². The van der Waals surface area contributed by atoms with E-state index >= 15 is 0 Å². The molecule has 0 bridgehead atoms. The van der Waals surface area contributed by atoms with Crippen LogP contribution < -0.4 is 0 Å². The standard InChI is InChI=1S/C14H16OS/c1-11-3-2-4-12(7-11)8-14(15)9-13-5-6-16-10-13/h2-7,10,14-15H,8-9H2,1H3. The lowest BCUT2D eigenvalue weighted by Gasteiger charge is -2.10. The molecule has 1 aromatic carbocycles. The van der Waals surface area contributed by atoms with Crippen molar-refractivity contribution in [3.05, 3.63) is 57.8 Å². The molecule has 1 unspecified atom stereocenters. The molecule has 0 saturated heterocycles. The lowest BCUT2D eigenvalue weighted by atomic mass is 10.0. The minimum absolute atomic E-state index is 0.281. The van der Waals surface area contributed by atoms with E-state index < -0.39 is 0 Å². The van der Waals surface area contributed by atoms with Crippen LogP contribution in [0, 0.1) is 6.92 Å². The van der Waals surface area contributed by atoms with Crippen molar-refractivity contribution in [2.45, 2.75) is 25.9 Å². The number of rotatable bonds is 4. The van der Waals surface area contributed by atoms with Gasteiger partial charge in [-0.15, -0.1) is 0 Å². The van der Waals surface area contributed by atoms with E-state index in [2.05, 4.69) is 41.9 Å². The molecule has 1 aromatic heterocycles. The van der Waals surface area contributed by atoms with Gasteiger partial charge in [0.15, 0.2) is 0 Å². The lowest BCUT2D eigenvalue weighted by molar-refractivity contribution is 0.175. The van der Waals surface area contributed by atoms with Crippen LogP contribution in [0.1, 0.15) is 16.7 Å². The fourth-order valence-electron chi connectivity index (χ4n) is 1.86. The molecule has 2 rings (SSSR count). The van der Waals surface area contributed by atoms with Gasteiger partial charge in [-0.1, -0.05) is 29.8 Å². The molecule has 0 fully saturated rings. The molecule has 16 heavy (non-hydrogen) atoms. The van der Waals surface area contributed by atoms with E-state index in [1.165, 1.54) is 16.7 Å². The Balaban J connectivity index is 1.94. The molecule has 0 spiro atoms. The molecule has 0 aliphatic carbocycles. The summed E-state index contributed by atoms with van der Waals surface area (Å²) in [7, 11) is 0. The second-order valence-electron chi connectivity index (χ2n) is 4.18. The quantitative estimate of drug-likeness (QED) is 0.858. The van der Waals surface area contributed by atoms with Gasteiger partial charge in [0.05, 0.1) is 6.10 Å². The molecule has 1 atom stereocenters. The van der Waals surface area contributed by atoms with Gasteiger partial charge in [-0.2, -0.15) is 11.3 Å². The zero-order chi connectivity index (χ0) is 11.4. The van der Waals surface area contributed by atoms with Gasteiger partial charge in [0.25, 0.3) is 0 Å². The summed E-state index contributed by atoms with van der Waals surface area (Å²) in [5, 5.41) is 14.1. The summed E-state index contributed by atoms with van der Waals surface area (Å²) < 4.78 is 0. The van der Waals surface area contributed by atoms with E-state index in [4.69, 9.17) is 0 Å². The largest absolute Gasteiger partial charge is 0.392 e. The summed E-state index contributed by atoms with van der Waals surface area (Å²) in [5.41, 5.74) is 3.69. The molecule has 0 aliphatic heterocycles. The van der Waals surface area contributed by atoms with Gasteiger partial charge in [-0.3, -0.25) is 0 Å².